The van der Waals surface area contributed by atoms with Crippen molar-refractivity contribution in [2.24, 2.45) is 0 Å². The van der Waals surface area contributed by atoms with Crippen molar-refractivity contribution in [3.63, 3.8) is 0 Å². The van der Waals surface area contributed by atoms with Gasteiger partial charge in [0.25, 0.3) is 0 Å². The number of hydrogen-bond acceptors (Lipinski definition) is 6. The van der Waals surface area contributed by atoms with Crippen molar-refractivity contribution in [3.8, 4) is 0 Å². The molecular weight excluding hydrogens is 332 g/mol. The minimum absolute atomic E-state index is 0.149. The number of aliphatic hydroxyl groups excluding tert-OH is 1. The standard InChI is InChI=1S/C19H38N4O3/c1-2-18(24)16-22-10-4-8-21-7-3-6-20(12-14-22)9-5-11-23(15-13-21)17-19(25)26/h18,24H,2-17H2,1H3,(H,25,26). The zero-order chi connectivity index (χ0) is 18.8. The van der Waals surface area contributed by atoms with Gasteiger partial charge in [0.15, 0.2) is 0 Å². The molecule has 26 heavy (non-hydrogen) atoms. The van der Waals surface area contributed by atoms with Crippen LogP contribution < -0.4 is 0 Å². The Morgan fingerprint density at radius 1 is 0.808 bits per heavy atom. The molecule has 2 N–H and O–H groups in total. The van der Waals surface area contributed by atoms with Crippen molar-refractivity contribution in [2.45, 2.75) is 38.7 Å². The fraction of sp³-hybridized carbons (Fsp3) is 0.947. The van der Waals surface area contributed by atoms with E-state index in [2.05, 4.69) is 19.6 Å². The molecule has 0 aromatic heterocycles. The van der Waals surface area contributed by atoms with Crippen LogP contribution >= 0.6 is 0 Å². The van der Waals surface area contributed by atoms with Crippen molar-refractivity contribution in [3.05, 3.63) is 0 Å². The zero-order valence-corrected chi connectivity index (χ0v) is 16.5. The van der Waals surface area contributed by atoms with Crippen molar-refractivity contribution in [2.75, 3.05) is 78.5 Å². The van der Waals surface area contributed by atoms with E-state index in [0.717, 1.165) is 91.3 Å². The van der Waals surface area contributed by atoms with Gasteiger partial charge in [-0.05, 0) is 58.4 Å². The summed E-state index contributed by atoms with van der Waals surface area (Å²) in [6.45, 7) is 13.0. The minimum Gasteiger partial charge on any atom is -0.480 e. The van der Waals surface area contributed by atoms with Crippen LogP contribution in [0.2, 0.25) is 0 Å². The average Bonchev–Trinajstić information content (AvgIpc) is 2.67. The predicted molar refractivity (Wildman–Crippen MR) is 104 cm³/mol. The lowest BCUT2D eigenvalue weighted by molar-refractivity contribution is -0.138. The Morgan fingerprint density at radius 2 is 1.31 bits per heavy atom. The van der Waals surface area contributed by atoms with E-state index >= 15 is 0 Å². The number of aliphatic carboxylic acids is 1. The van der Waals surface area contributed by atoms with Gasteiger partial charge in [-0.25, -0.2) is 0 Å². The number of aliphatic hydroxyl groups is 1. The summed E-state index contributed by atoms with van der Waals surface area (Å²) >= 11 is 0. The van der Waals surface area contributed by atoms with E-state index in [1.54, 1.807) is 0 Å². The second kappa shape index (κ2) is 11.9. The first-order chi connectivity index (χ1) is 12.6. The zero-order valence-electron chi connectivity index (χ0n) is 16.5. The first kappa shape index (κ1) is 21.6. The van der Waals surface area contributed by atoms with E-state index in [-0.39, 0.29) is 12.6 Å². The largest absolute Gasteiger partial charge is 0.480 e. The number of carboxylic acid groups (broad SMARTS) is 1. The van der Waals surface area contributed by atoms with Crippen LogP contribution in [-0.4, -0.2) is 120 Å². The van der Waals surface area contributed by atoms with Crippen LogP contribution in [-0.2, 0) is 4.79 Å². The smallest absolute Gasteiger partial charge is 0.317 e. The molecule has 2 aliphatic rings. The van der Waals surface area contributed by atoms with Crippen LogP contribution in [0.3, 0.4) is 0 Å². The molecule has 2 fully saturated rings. The van der Waals surface area contributed by atoms with E-state index in [1.807, 2.05) is 6.92 Å². The molecule has 0 aliphatic carbocycles. The summed E-state index contributed by atoms with van der Waals surface area (Å²) in [7, 11) is 0. The van der Waals surface area contributed by atoms with Gasteiger partial charge in [-0.1, -0.05) is 6.92 Å². The Morgan fingerprint density at radius 3 is 1.85 bits per heavy atom. The normalized spacial score (nSPS) is 29.0. The Bertz CT molecular complexity index is 410. The summed E-state index contributed by atoms with van der Waals surface area (Å²) in [5.41, 5.74) is 0. The summed E-state index contributed by atoms with van der Waals surface area (Å²) in [6, 6.07) is 0. The van der Waals surface area contributed by atoms with Gasteiger partial charge in [-0.3, -0.25) is 14.6 Å². The molecule has 0 aromatic rings. The van der Waals surface area contributed by atoms with Crippen LogP contribution in [0, 0.1) is 0 Å². The minimum atomic E-state index is -0.727. The maximum atomic E-state index is 11.1. The van der Waals surface area contributed by atoms with Crippen LogP contribution in [0.25, 0.3) is 0 Å². The van der Waals surface area contributed by atoms with Gasteiger partial charge < -0.3 is 20.0 Å². The highest BCUT2D eigenvalue weighted by Crippen LogP contribution is 2.08. The molecule has 0 spiro atoms. The number of nitrogens with zero attached hydrogens (tertiary/aromatic N) is 4. The van der Waals surface area contributed by atoms with E-state index in [4.69, 9.17) is 5.11 Å². The lowest BCUT2D eigenvalue weighted by Gasteiger charge is -2.30. The quantitative estimate of drug-likeness (QED) is 0.719. The van der Waals surface area contributed by atoms with Crippen LogP contribution in [0.4, 0.5) is 0 Å². The van der Waals surface area contributed by atoms with Gasteiger partial charge in [0, 0.05) is 39.3 Å². The van der Waals surface area contributed by atoms with Gasteiger partial charge in [0.2, 0.25) is 0 Å². The summed E-state index contributed by atoms with van der Waals surface area (Å²) in [4.78, 5) is 20.7. The fourth-order valence-corrected chi connectivity index (χ4v) is 3.97. The fourth-order valence-electron chi connectivity index (χ4n) is 3.97. The number of rotatable bonds is 5. The highest BCUT2D eigenvalue weighted by atomic mass is 16.4. The molecule has 2 heterocycles. The van der Waals surface area contributed by atoms with Gasteiger partial charge in [-0.2, -0.15) is 0 Å². The summed E-state index contributed by atoms with van der Waals surface area (Å²) in [5.74, 6) is -0.727. The number of β-amino-alcohol motifs (C(OH)–C–C–N with tert-alkyl or cyclic N) is 1. The average molecular weight is 371 g/mol. The molecule has 152 valence electrons. The Balaban J connectivity index is 1.99. The number of fused-ring (bicyclic) bond motifs is 4. The van der Waals surface area contributed by atoms with E-state index < -0.39 is 5.97 Å². The van der Waals surface area contributed by atoms with Crippen molar-refractivity contribution < 1.29 is 15.0 Å². The third kappa shape index (κ3) is 8.31. The summed E-state index contributed by atoms with van der Waals surface area (Å²) < 4.78 is 0. The molecule has 7 heteroatoms. The second-order valence-electron chi connectivity index (χ2n) is 7.78. The molecule has 0 saturated carbocycles. The molecular formula is C19H38N4O3. The molecule has 3 atom stereocenters. The maximum Gasteiger partial charge on any atom is 0.317 e. The highest BCUT2D eigenvalue weighted by molar-refractivity contribution is 5.69. The predicted octanol–water partition coefficient (Wildman–Crippen LogP) is 0.247. The number of hydrogen-bond donors (Lipinski definition) is 2. The summed E-state index contributed by atoms with van der Waals surface area (Å²) in [6.07, 6.45) is 3.89. The van der Waals surface area contributed by atoms with E-state index in [9.17, 15) is 9.90 Å². The molecule has 0 radical (unpaired) electrons. The molecule has 2 aliphatic heterocycles. The van der Waals surface area contributed by atoms with Crippen molar-refractivity contribution in [1.29, 1.82) is 0 Å². The van der Waals surface area contributed by atoms with Crippen molar-refractivity contribution >= 4 is 5.97 Å². The highest BCUT2D eigenvalue weighted by Gasteiger charge is 2.18. The monoisotopic (exact) mass is 370 g/mol. The van der Waals surface area contributed by atoms with Crippen LogP contribution in [0.15, 0.2) is 0 Å². The summed E-state index contributed by atoms with van der Waals surface area (Å²) in [5, 5.41) is 19.2. The first-order valence-electron chi connectivity index (χ1n) is 10.4. The molecule has 3 unspecified atom stereocenters. The molecule has 2 bridgehead atoms. The Labute approximate surface area is 158 Å². The molecule has 2 saturated heterocycles. The van der Waals surface area contributed by atoms with Crippen LogP contribution in [0.5, 0.6) is 0 Å². The Hall–Kier alpha value is -0.730. The third-order valence-electron chi connectivity index (χ3n) is 5.61. The van der Waals surface area contributed by atoms with Crippen molar-refractivity contribution in [1.82, 2.24) is 19.6 Å². The molecule has 7 nitrogen and oxygen atoms in total. The van der Waals surface area contributed by atoms with Crippen LogP contribution in [0.1, 0.15) is 32.6 Å². The molecule has 0 amide bonds. The van der Waals surface area contributed by atoms with E-state index in [0.29, 0.717) is 0 Å². The van der Waals surface area contributed by atoms with Gasteiger partial charge in [-0.15, -0.1) is 0 Å². The topological polar surface area (TPSA) is 70.5 Å². The second-order valence-corrected chi connectivity index (χ2v) is 7.78. The molecule has 0 aromatic carbocycles. The first-order valence-corrected chi connectivity index (χ1v) is 10.4. The number of carboxylic acids is 1. The molecule has 2 rings (SSSR count). The maximum absolute atomic E-state index is 11.1. The SMILES string of the molecule is CCC(O)CN1CCCN2CCCN(CCCN(CC(=O)O)CC2)CC1. The third-order valence-corrected chi connectivity index (χ3v) is 5.61. The van der Waals surface area contributed by atoms with Gasteiger partial charge >= 0.3 is 5.97 Å². The lowest BCUT2D eigenvalue weighted by atomic mass is 10.2. The van der Waals surface area contributed by atoms with Gasteiger partial charge in [0.1, 0.15) is 0 Å². The number of carbonyl (C=O) groups is 1. The van der Waals surface area contributed by atoms with E-state index in [1.165, 1.54) is 6.42 Å². The van der Waals surface area contributed by atoms with Gasteiger partial charge in [0.05, 0.1) is 12.6 Å². The Kier molecular flexibility index (Phi) is 9.85. The lowest BCUT2D eigenvalue weighted by Crippen LogP contribution is -2.42.